The van der Waals surface area contributed by atoms with Gasteiger partial charge >= 0.3 is 0 Å². The lowest BCUT2D eigenvalue weighted by Crippen LogP contribution is -2.66. The molecule has 2 fully saturated rings. The normalized spacial score (nSPS) is 32.1. The van der Waals surface area contributed by atoms with Gasteiger partial charge in [0.2, 0.25) is 23.6 Å². The standard InChI is InChI=1S/C19H32N4O9/c1-8(13(21-9(2)25)18(30)23-6-4-5-11(23)17(20)29)31-19-14(22-10(3)26)16(28)15(27)12(7-24)32-19/h8,11-16,19,24,27-28H,4-7H2,1-3H3,(H2,20,29)(H,21,25)(H,22,26)/t8-,11+,12-,13+,14-,15+,16-,19+/m1/s1. The monoisotopic (exact) mass is 460 g/mol. The Morgan fingerprint density at radius 1 is 1.19 bits per heavy atom. The molecular weight excluding hydrogens is 428 g/mol. The predicted molar refractivity (Wildman–Crippen MR) is 107 cm³/mol. The number of aliphatic hydroxyl groups is 3. The number of primary amides is 1. The number of carbonyl (C=O) groups is 4. The third-order valence-corrected chi connectivity index (χ3v) is 5.56. The summed E-state index contributed by atoms with van der Waals surface area (Å²) in [4.78, 5) is 49.5. The van der Waals surface area contributed by atoms with Gasteiger partial charge in [-0.25, -0.2) is 0 Å². The number of likely N-dealkylation sites (tertiary alicyclic amines) is 1. The summed E-state index contributed by atoms with van der Waals surface area (Å²) in [7, 11) is 0. The van der Waals surface area contributed by atoms with Gasteiger partial charge in [-0.2, -0.15) is 0 Å². The van der Waals surface area contributed by atoms with E-state index >= 15 is 0 Å². The molecule has 2 aliphatic heterocycles. The molecule has 7 N–H and O–H groups in total. The summed E-state index contributed by atoms with van der Waals surface area (Å²) in [5.74, 6) is -2.31. The van der Waals surface area contributed by atoms with E-state index in [-0.39, 0.29) is 6.54 Å². The van der Waals surface area contributed by atoms with Gasteiger partial charge in [-0.05, 0) is 19.8 Å². The van der Waals surface area contributed by atoms with Gasteiger partial charge < -0.3 is 46.1 Å². The molecule has 182 valence electrons. The lowest BCUT2D eigenvalue weighted by molar-refractivity contribution is -0.281. The maximum Gasteiger partial charge on any atom is 0.248 e. The van der Waals surface area contributed by atoms with Crippen LogP contribution in [0, 0.1) is 0 Å². The van der Waals surface area contributed by atoms with Crippen LogP contribution in [0.2, 0.25) is 0 Å². The van der Waals surface area contributed by atoms with E-state index in [1.807, 2.05) is 0 Å². The van der Waals surface area contributed by atoms with E-state index in [1.54, 1.807) is 0 Å². The van der Waals surface area contributed by atoms with Crippen molar-refractivity contribution in [3.8, 4) is 0 Å². The molecule has 2 rings (SSSR count). The number of carbonyl (C=O) groups excluding carboxylic acids is 4. The van der Waals surface area contributed by atoms with E-state index < -0.39 is 79.1 Å². The second-order valence-corrected chi connectivity index (χ2v) is 8.04. The predicted octanol–water partition coefficient (Wildman–Crippen LogP) is -3.68. The maximum atomic E-state index is 13.2. The minimum atomic E-state index is -1.53. The van der Waals surface area contributed by atoms with Crippen LogP contribution < -0.4 is 16.4 Å². The highest BCUT2D eigenvalue weighted by atomic mass is 16.7. The van der Waals surface area contributed by atoms with Crippen molar-refractivity contribution in [3.63, 3.8) is 0 Å². The first-order valence-corrected chi connectivity index (χ1v) is 10.4. The number of nitrogens with one attached hydrogen (secondary N) is 2. The largest absolute Gasteiger partial charge is 0.394 e. The fourth-order valence-electron chi connectivity index (χ4n) is 3.98. The molecule has 0 aliphatic carbocycles. The molecule has 0 aromatic rings. The zero-order valence-electron chi connectivity index (χ0n) is 18.3. The van der Waals surface area contributed by atoms with Crippen LogP contribution in [-0.4, -0.2) is 106 Å². The molecular formula is C19H32N4O9. The number of nitrogens with zero attached hydrogens (tertiary/aromatic N) is 1. The molecule has 0 radical (unpaired) electrons. The van der Waals surface area contributed by atoms with Gasteiger partial charge in [-0.1, -0.05) is 0 Å². The van der Waals surface area contributed by atoms with E-state index in [1.165, 1.54) is 25.7 Å². The van der Waals surface area contributed by atoms with Crippen molar-refractivity contribution in [2.45, 2.75) is 82.4 Å². The van der Waals surface area contributed by atoms with Crippen LogP contribution in [0.25, 0.3) is 0 Å². The van der Waals surface area contributed by atoms with Gasteiger partial charge in [-0.3, -0.25) is 19.2 Å². The Kier molecular flexibility index (Phi) is 8.92. The van der Waals surface area contributed by atoms with E-state index in [9.17, 15) is 34.5 Å². The summed E-state index contributed by atoms with van der Waals surface area (Å²) >= 11 is 0. The first kappa shape index (κ1) is 25.9. The fourth-order valence-corrected chi connectivity index (χ4v) is 3.98. The van der Waals surface area contributed by atoms with Crippen LogP contribution in [0.3, 0.4) is 0 Å². The van der Waals surface area contributed by atoms with Crippen LogP contribution in [0.5, 0.6) is 0 Å². The van der Waals surface area contributed by atoms with Crippen LogP contribution in [0.4, 0.5) is 0 Å². The SMILES string of the molecule is CC(=O)N[C@H]1[C@@H](O[C@H](C)[C@H](NC(C)=O)C(=O)N2CCC[C@H]2C(N)=O)O[C@H](CO)[C@H](O)[C@@H]1O. The van der Waals surface area contributed by atoms with Crippen molar-refractivity contribution >= 4 is 23.6 Å². The molecule has 2 saturated heterocycles. The summed E-state index contributed by atoms with van der Waals surface area (Å²) < 4.78 is 11.3. The number of rotatable bonds is 8. The molecule has 2 heterocycles. The van der Waals surface area contributed by atoms with Crippen LogP contribution in [0.15, 0.2) is 0 Å². The number of nitrogens with two attached hydrogens (primary N) is 1. The molecule has 13 nitrogen and oxygen atoms in total. The lowest BCUT2D eigenvalue weighted by atomic mass is 9.96. The van der Waals surface area contributed by atoms with Crippen LogP contribution >= 0.6 is 0 Å². The lowest BCUT2D eigenvalue weighted by Gasteiger charge is -2.43. The Labute approximate surface area is 185 Å². The molecule has 4 amide bonds. The van der Waals surface area contributed by atoms with Gasteiger partial charge in [0.15, 0.2) is 6.29 Å². The quantitative estimate of drug-likeness (QED) is 0.211. The maximum absolute atomic E-state index is 13.2. The van der Waals surface area contributed by atoms with E-state index in [0.29, 0.717) is 12.8 Å². The highest BCUT2D eigenvalue weighted by Crippen LogP contribution is 2.25. The van der Waals surface area contributed by atoms with Gasteiger partial charge in [0.1, 0.15) is 36.4 Å². The second-order valence-electron chi connectivity index (χ2n) is 8.04. The molecule has 0 unspecified atom stereocenters. The Balaban J connectivity index is 2.25. The summed E-state index contributed by atoms with van der Waals surface area (Å²) in [5.41, 5.74) is 5.39. The summed E-state index contributed by atoms with van der Waals surface area (Å²) in [6, 6.07) is -3.25. The van der Waals surface area contributed by atoms with Gasteiger partial charge in [0.25, 0.3) is 0 Å². The first-order chi connectivity index (χ1) is 15.0. The third kappa shape index (κ3) is 5.92. The van der Waals surface area contributed by atoms with E-state index in [4.69, 9.17) is 15.2 Å². The number of aliphatic hydroxyl groups excluding tert-OH is 3. The summed E-state index contributed by atoms with van der Waals surface area (Å²) in [6.45, 7) is 3.51. The highest BCUT2D eigenvalue weighted by molar-refractivity contribution is 5.92. The molecule has 0 spiro atoms. The average Bonchev–Trinajstić information content (AvgIpc) is 3.20. The van der Waals surface area contributed by atoms with Gasteiger partial charge in [0, 0.05) is 20.4 Å². The van der Waals surface area contributed by atoms with Crippen molar-refractivity contribution < 1.29 is 44.0 Å². The van der Waals surface area contributed by atoms with Crippen molar-refractivity contribution in [1.29, 1.82) is 0 Å². The molecule has 8 atom stereocenters. The third-order valence-electron chi connectivity index (χ3n) is 5.56. The smallest absolute Gasteiger partial charge is 0.248 e. The second kappa shape index (κ2) is 11.0. The number of ether oxygens (including phenoxy) is 2. The Morgan fingerprint density at radius 3 is 2.38 bits per heavy atom. The molecule has 0 bridgehead atoms. The molecule has 0 aromatic heterocycles. The minimum absolute atomic E-state index is 0.279. The minimum Gasteiger partial charge on any atom is -0.394 e. The average molecular weight is 460 g/mol. The molecule has 2 aliphatic rings. The molecule has 13 heteroatoms. The topological polar surface area (TPSA) is 201 Å². The van der Waals surface area contributed by atoms with Crippen molar-refractivity contribution in [3.05, 3.63) is 0 Å². The van der Waals surface area contributed by atoms with Crippen molar-refractivity contribution in [2.75, 3.05) is 13.2 Å². The zero-order chi connectivity index (χ0) is 24.2. The first-order valence-electron chi connectivity index (χ1n) is 10.4. The van der Waals surface area contributed by atoms with E-state index in [0.717, 1.165) is 0 Å². The van der Waals surface area contributed by atoms with Crippen LogP contribution in [-0.2, 0) is 28.7 Å². The van der Waals surface area contributed by atoms with Crippen molar-refractivity contribution in [1.82, 2.24) is 15.5 Å². The Hall–Kier alpha value is -2.32. The molecule has 32 heavy (non-hydrogen) atoms. The fraction of sp³-hybridized carbons (Fsp3) is 0.789. The van der Waals surface area contributed by atoms with Gasteiger partial charge in [-0.15, -0.1) is 0 Å². The Morgan fingerprint density at radius 2 is 1.84 bits per heavy atom. The summed E-state index contributed by atoms with van der Waals surface area (Å²) in [6.07, 6.45) is -5.68. The zero-order valence-corrected chi connectivity index (χ0v) is 18.3. The Bertz CT molecular complexity index is 721. The molecule has 0 aromatic carbocycles. The van der Waals surface area contributed by atoms with Crippen LogP contribution in [0.1, 0.15) is 33.6 Å². The van der Waals surface area contributed by atoms with Crippen molar-refractivity contribution in [2.24, 2.45) is 5.73 Å². The highest BCUT2D eigenvalue weighted by Gasteiger charge is 2.47. The van der Waals surface area contributed by atoms with E-state index in [2.05, 4.69) is 10.6 Å². The van der Waals surface area contributed by atoms with Gasteiger partial charge in [0.05, 0.1) is 12.7 Å². The number of amides is 4. The number of hydrogen-bond acceptors (Lipinski definition) is 9. The molecule has 0 saturated carbocycles. The number of hydrogen-bond donors (Lipinski definition) is 6. The summed E-state index contributed by atoms with van der Waals surface area (Å²) in [5, 5.41) is 34.9.